The number of anilines is 1. The van der Waals surface area contributed by atoms with E-state index in [-0.39, 0.29) is 11.8 Å². The van der Waals surface area contributed by atoms with E-state index in [2.05, 4.69) is 10.3 Å². The summed E-state index contributed by atoms with van der Waals surface area (Å²) in [5.41, 5.74) is 3.51. The third kappa shape index (κ3) is 3.43. The molecule has 2 amide bonds. The van der Waals surface area contributed by atoms with E-state index < -0.39 is 6.04 Å². The number of nitrogens with zero attached hydrogens (tertiary/aromatic N) is 2. The molecule has 0 spiro atoms. The van der Waals surface area contributed by atoms with Gasteiger partial charge in [-0.25, -0.2) is 0 Å². The molecule has 3 rings (SSSR count). The molecule has 1 aromatic carbocycles. The Morgan fingerprint density at radius 1 is 1.21 bits per heavy atom. The lowest BCUT2D eigenvalue weighted by Crippen LogP contribution is -2.44. The molecule has 1 aliphatic heterocycles. The third-order valence-electron chi connectivity index (χ3n) is 4.01. The van der Waals surface area contributed by atoms with E-state index in [0.29, 0.717) is 17.2 Å². The first kappa shape index (κ1) is 16.5. The Kier molecular flexibility index (Phi) is 4.85. The van der Waals surface area contributed by atoms with Crippen LogP contribution in [0.25, 0.3) is 0 Å². The molecule has 1 saturated heterocycles. The summed E-state index contributed by atoms with van der Waals surface area (Å²) < 4.78 is 0. The average molecular weight is 341 g/mol. The van der Waals surface area contributed by atoms with E-state index in [0.717, 1.165) is 16.8 Å². The Morgan fingerprint density at radius 2 is 1.96 bits per heavy atom. The Balaban J connectivity index is 1.75. The van der Waals surface area contributed by atoms with Crippen LogP contribution in [0.15, 0.2) is 42.7 Å². The van der Waals surface area contributed by atoms with Crippen molar-refractivity contribution in [2.24, 2.45) is 0 Å². The molecule has 1 fully saturated rings. The summed E-state index contributed by atoms with van der Waals surface area (Å²) in [7, 11) is 0. The van der Waals surface area contributed by atoms with Crippen molar-refractivity contribution in [1.82, 2.24) is 9.88 Å². The summed E-state index contributed by atoms with van der Waals surface area (Å²) in [6.07, 6.45) is 3.17. The second-order valence-electron chi connectivity index (χ2n) is 5.83. The highest BCUT2D eigenvalue weighted by molar-refractivity contribution is 7.99. The Labute approximate surface area is 145 Å². The normalized spacial score (nSPS) is 16.9. The van der Waals surface area contributed by atoms with Crippen molar-refractivity contribution in [2.45, 2.75) is 19.9 Å². The number of pyridine rings is 1. The van der Waals surface area contributed by atoms with Crippen LogP contribution in [-0.2, 0) is 4.79 Å². The van der Waals surface area contributed by atoms with Crippen LogP contribution in [-0.4, -0.2) is 39.4 Å². The van der Waals surface area contributed by atoms with Crippen LogP contribution in [0.1, 0.15) is 21.5 Å². The quantitative estimate of drug-likeness (QED) is 0.932. The number of carbonyl (C=O) groups is 2. The molecule has 1 atom stereocenters. The topological polar surface area (TPSA) is 62.3 Å². The van der Waals surface area contributed by atoms with Gasteiger partial charge in [0.15, 0.2) is 0 Å². The number of carbonyl (C=O) groups excluding carboxylic acids is 2. The van der Waals surface area contributed by atoms with Crippen molar-refractivity contribution in [3.05, 3.63) is 59.4 Å². The fourth-order valence-corrected chi connectivity index (χ4v) is 3.84. The maximum Gasteiger partial charge on any atom is 0.255 e. The van der Waals surface area contributed by atoms with Gasteiger partial charge in [0.25, 0.3) is 5.91 Å². The van der Waals surface area contributed by atoms with Crippen LogP contribution in [0.3, 0.4) is 0 Å². The maximum absolute atomic E-state index is 12.7. The molecule has 0 saturated carbocycles. The van der Waals surface area contributed by atoms with Gasteiger partial charge in [-0.05, 0) is 37.6 Å². The van der Waals surface area contributed by atoms with Gasteiger partial charge in [0, 0.05) is 29.4 Å². The highest BCUT2D eigenvalue weighted by Gasteiger charge is 2.35. The molecule has 1 aliphatic rings. The largest absolute Gasteiger partial charge is 0.324 e. The first-order valence-electron chi connectivity index (χ1n) is 7.73. The summed E-state index contributed by atoms with van der Waals surface area (Å²) >= 11 is 1.59. The van der Waals surface area contributed by atoms with E-state index in [1.54, 1.807) is 41.2 Å². The first-order valence-corrected chi connectivity index (χ1v) is 8.88. The molecule has 124 valence electrons. The van der Waals surface area contributed by atoms with E-state index in [1.165, 1.54) is 0 Å². The fourth-order valence-electron chi connectivity index (χ4n) is 2.69. The van der Waals surface area contributed by atoms with Gasteiger partial charge in [-0.1, -0.05) is 17.7 Å². The van der Waals surface area contributed by atoms with Gasteiger partial charge in [0.05, 0.1) is 5.88 Å². The molecule has 0 unspecified atom stereocenters. The molecular formula is C18H19N3O2S. The molecule has 0 aliphatic carbocycles. The first-order chi connectivity index (χ1) is 11.6. The van der Waals surface area contributed by atoms with E-state index >= 15 is 0 Å². The zero-order valence-electron chi connectivity index (χ0n) is 13.7. The monoisotopic (exact) mass is 341 g/mol. The molecule has 5 nitrogen and oxygen atoms in total. The molecule has 0 bridgehead atoms. The van der Waals surface area contributed by atoms with E-state index in [4.69, 9.17) is 0 Å². The van der Waals surface area contributed by atoms with Crippen LogP contribution in [0.5, 0.6) is 0 Å². The number of nitrogens with one attached hydrogen (secondary N) is 1. The predicted octanol–water partition coefficient (Wildman–Crippen LogP) is 2.85. The molecule has 1 N–H and O–H groups in total. The summed E-state index contributed by atoms with van der Waals surface area (Å²) in [5, 5.41) is 2.96. The molecule has 6 heteroatoms. The lowest BCUT2D eigenvalue weighted by atomic mass is 10.1. The third-order valence-corrected chi connectivity index (χ3v) is 5.03. The van der Waals surface area contributed by atoms with Crippen molar-refractivity contribution in [1.29, 1.82) is 0 Å². The molecule has 2 heterocycles. The number of amides is 2. The maximum atomic E-state index is 12.7. The van der Waals surface area contributed by atoms with Crippen molar-refractivity contribution in [3.8, 4) is 0 Å². The SMILES string of the molecule is Cc1ccc(NC(=O)[C@H]2CSCN2C(=O)c2ccncc2)c(C)c1. The standard InChI is InChI=1S/C18H19N3O2S/c1-12-3-4-15(13(2)9-12)20-17(22)16-10-24-11-21(16)18(23)14-5-7-19-8-6-14/h3-9,16H,10-11H2,1-2H3,(H,20,22)/t16-/m1/s1. The minimum Gasteiger partial charge on any atom is -0.324 e. The van der Waals surface area contributed by atoms with Crippen LogP contribution in [0.4, 0.5) is 5.69 Å². The number of aryl methyl sites for hydroxylation is 2. The van der Waals surface area contributed by atoms with Gasteiger partial charge in [0.2, 0.25) is 5.91 Å². The van der Waals surface area contributed by atoms with Crippen molar-refractivity contribution >= 4 is 29.3 Å². The summed E-state index contributed by atoms with van der Waals surface area (Å²) in [5.74, 6) is 0.845. The zero-order chi connectivity index (χ0) is 17.1. The van der Waals surface area contributed by atoms with Crippen LogP contribution in [0, 0.1) is 13.8 Å². The van der Waals surface area contributed by atoms with Crippen molar-refractivity contribution in [3.63, 3.8) is 0 Å². The minimum atomic E-state index is -0.462. The number of hydrogen-bond acceptors (Lipinski definition) is 4. The summed E-state index contributed by atoms with van der Waals surface area (Å²) in [6.45, 7) is 3.98. The number of thioether (sulfide) groups is 1. The number of benzene rings is 1. The molecule has 24 heavy (non-hydrogen) atoms. The summed E-state index contributed by atoms with van der Waals surface area (Å²) in [4.78, 5) is 30.8. The zero-order valence-corrected chi connectivity index (χ0v) is 14.5. The van der Waals surface area contributed by atoms with Crippen LogP contribution in [0.2, 0.25) is 0 Å². The lowest BCUT2D eigenvalue weighted by Gasteiger charge is -2.23. The van der Waals surface area contributed by atoms with Gasteiger partial charge in [-0.15, -0.1) is 11.8 Å². The molecule has 1 aromatic heterocycles. The smallest absolute Gasteiger partial charge is 0.255 e. The highest BCUT2D eigenvalue weighted by atomic mass is 32.2. The highest BCUT2D eigenvalue weighted by Crippen LogP contribution is 2.25. The molecule has 0 radical (unpaired) electrons. The minimum absolute atomic E-state index is 0.136. The Hall–Kier alpha value is -2.34. The Bertz CT molecular complexity index is 764. The van der Waals surface area contributed by atoms with Crippen LogP contribution >= 0.6 is 11.8 Å². The van der Waals surface area contributed by atoms with Gasteiger partial charge in [-0.3, -0.25) is 14.6 Å². The Morgan fingerprint density at radius 3 is 2.67 bits per heavy atom. The summed E-state index contributed by atoms with van der Waals surface area (Å²) in [6, 6.07) is 8.77. The van der Waals surface area contributed by atoms with E-state index in [9.17, 15) is 9.59 Å². The number of hydrogen-bond donors (Lipinski definition) is 1. The van der Waals surface area contributed by atoms with E-state index in [1.807, 2.05) is 32.0 Å². The van der Waals surface area contributed by atoms with Gasteiger partial charge in [-0.2, -0.15) is 0 Å². The lowest BCUT2D eigenvalue weighted by molar-refractivity contribution is -0.119. The fraction of sp³-hybridized carbons (Fsp3) is 0.278. The van der Waals surface area contributed by atoms with Gasteiger partial charge < -0.3 is 10.2 Å². The van der Waals surface area contributed by atoms with Crippen molar-refractivity contribution < 1.29 is 9.59 Å². The number of rotatable bonds is 3. The number of aromatic nitrogens is 1. The van der Waals surface area contributed by atoms with Gasteiger partial charge >= 0.3 is 0 Å². The van der Waals surface area contributed by atoms with Crippen molar-refractivity contribution in [2.75, 3.05) is 16.9 Å². The molecule has 2 aromatic rings. The molecular weight excluding hydrogens is 322 g/mol. The van der Waals surface area contributed by atoms with Crippen LogP contribution < -0.4 is 5.32 Å². The average Bonchev–Trinajstić information content (AvgIpc) is 3.07. The predicted molar refractivity (Wildman–Crippen MR) is 96.1 cm³/mol. The second kappa shape index (κ2) is 7.05. The second-order valence-corrected chi connectivity index (χ2v) is 6.83. The van der Waals surface area contributed by atoms with Gasteiger partial charge in [0.1, 0.15) is 6.04 Å².